The number of carboxylic acids is 1. The quantitative estimate of drug-likeness (QED) is 0.880. The van der Waals surface area contributed by atoms with Crippen LogP contribution in [0.2, 0.25) is 0 Å². The van der Waals surface area contributed by atoms with Crippen molar-refractivity contribution in [1.82, 2.24) is 0 Å². The minimum Gasteiger partial charge on any atom is -0.478 e. The zero-order chi connectivity index (χ0) is 13.3. The number of rotatable bonds is 2. The van der Waals surface area contributed by atoms with Gasteiger partial charge in [0.1, 0.15) is 0 Å². The van der Waals surface area contributed by atoms with Gasteiger partial charge in [-0.1, -0.05) is 18.2 Å². The van der Waals surface area contributed by atoms with Crippen molar-refractivity contribution in [3.63, 3.8) is 0 Å². The lowest BCUT2D eigenvalue weighted by atomic mass is 10.00. The average molecular weight is 248 g/mol. The second-order valence-electron chi connectivity index (χ2n) is 3.99. The van der Waals surface area contributed by atoms with Gasteiger partial charge < -0.3 is 5.11 Å². The van der Waals surface area contributed by atoms with E-state index in [0.717, 1.165) is 6.07 Å². The van der Waals surface area contributed by atoms with Gasteiger partial charge in [0.15, 0.2) is 11.6 Å². The SMILES string of the molecule is Cc1cc(C(=O)O)cc(-c2cccc(F)c2F)c1. The smallest absolute Gasteiger partial charge is 0.335 e. The molecule has 0 radical (unpaired) electrons. The van der Waals surface area contributed by atoms with Crippen LogP contribution < -0.4 is 0 Å². The average Bonchev–Trinajstić information content (AvgIpc) is 2.31. The van der Waals surface area contributed by atoms with Gasteiger partial charge in [0.25, 0.3) is 0 Å². The van der Waals surface area contributed by atoms with Crippen molar-refractivity contribution < 1.29 is 18.7 Å². The molecule has 0 spiro atoms. The van der Waals surface area contributed by atoms with Crippen molar-refractivity contribution in [3.05, 3.63) is 59.2 Å². The molecule has 2 rings (SSSR count). The third kappa shape index (κ3) is 2.22. The molecule has 0 fully saturated rings. The zero-order valence-corrected chi connectivity index (χ0v) is 9.58. The monoisotopic (exact) mass is 248 g/mol. The highest BCUT2D eigenvalue weighted by atomic mass is 19.2. The fourth-order valence-electron chi connectivity index (χ4n) is 1.79. The molecule has 0 aliphatic rings. The molecule has 0 saturated heterocycles. The third-order valence-electron chi connectivity index (χ3n) is 2.59. The van der Waals surface area contributed by atoms with E-state index in [1.807, 2.05) is 0 Å². The predicted octanol–water partition coefficient (Wildman–Crippen LogP) is 3.64. The summed E-state index contributed by atoms with van der Waals surface area (Å²) in [6.45, 7) is 1.70. The standard InChI is InChI=1S/C14H10F2O2/c1-8-5-9(7-10(6-8)14(17)18)11-3-2-4-12(15)13(11)16/h2-7H,1H3,(H,17,18). The van der Waals surface area contributed by atoms with E-state index >= 15 is 0 Å². The molecule has 0 unspecified atom stereocenters. The van der Waals surface area contributed by atoms with Crippen LogP contribution in [-0.4, -0.2) is 11.1 Å². The van der Waals surface area contributed by atoms with Crippen LogP contribution in [0.15, 0.2) is 36.4 Å². The zero-order valence-electron chi connectivity index (χ0n) is 9.58. The van der Waals surface area contributed by atoms with Crippen LogP contribution in [0.25, 0.3) is 11.1 Å². The Bertz CT molecular complexity index is 621. The molecule has 4 heteroatoms. The maximum atomic E-state index is 13.6. The third-order valence-corrected chi connectivity index (χ3v) is 2.59. The summed E-state index contributed by atoms with van der Waals surface area (Å²) < 4.78 is 26.8. The van der Waals surface area contributed by atoms with Gasteiger partial charge in [0.2, 0.25) is 0 Å². The Morgan fingerprint density at radius 1 is 1.17 bits per heavy atom. The van der Waals surface area contributed by atoms with Gasteiger partial charge in [-0.15, -0.1) is 0 Å². The number of carboxylic acid groups (broad SMARTS) is 1. The van der Waals surface area contributed by atoms with Gasteiger partial charge in [-0.2, -0.15) is 0 Å². The van der Waals surface area contributed by atoms with Crippen LogP contribution >= 0.6 is 0 Å². The van der Waals surface area contributed by atoms with Crippen LogP contribution in [0.3, 0.4) is 0 Å². The van der Waals surface area contributed by atoms with E-state index < -0.39 is 17.6 Å². The Morgan fingerprint density at radius 3 is 2.56 bits per heavy atom. The van der Waals surface area contributed by atoms with Crippen molar-refractivity contribution in [3.8, 4) is 11.1 Å². The lowest BCUT2D eigenvalue weighted by Crippen LogP contribution is -1.98. The molecule has 0 atom stereocenters. The molecular weight excluding hydrogens is 238 g/mol. The lowest BCUT2D eigenvalue weighted by molar-refractivity contribution is 0.0697. The number of aromatic carboxylic acids is 1. The van der Waals surface area contributed by atoms with Crippen molar-refractivity contribution in [1.29, 1.82) is 0 Å². The molecule has 0 aromatic heterocycles. The summed E-state index contributed by atoms with van der Waals surface area (Å²) in [5, 5.41) is 8.94. The molecule has 2 aromatic carbocycles. The highest BCUT2D eigenvalue weighted by Gasteiger charge is 2.12. The Labute approximate surface area is 103 Å². The number of carbonyl (C=O) groups is 1. The van der Waals surface area contributed by atoms with E-state index in [1.54, 1.807) is 13.0 Å². The van der Waals surface area contributed by atoms with Gasteiger partial charge in [-0.3, -0.25) is 0 Å². The molecule has 2 nitrogen and oxygen atoms in total. The van der Waals surface area contributed by atoms with E-state index in [-0.39, 0.29) is 11.1 Å². The highest BCUT2D eigenvalue weighted by molar-refractivity contribution is 5.89. The van der Waals surface area contributed by atoms with Crippen LogP contribution in [0.1, 0.15) is 15.9 Å². The Morgan fingerprint density at radius 2 is 1.89 bits per heavy atom. The van der Waals surface area contributed by atoms with Gasteiger partial charge in [-0.25, -0.2) is 13.6 Å². The summed E-state index contributed by atoms with van der Waals surface area (Å²) >= 11 is 0. The predicted molar refractivity (Wildman–Crippen MR) is 63.5 cm³/mol. The Balaban J connectivity index is 2.64. The summed E-state index contributed by atoms with van der Waals surface area (Å²) in [5.41, 5.74) is 1.13. The van der Waals surface area contributed by atoms with E-state index in [2.05, 4.69) is 0 Å². The van der Waals surface area contributed by atoms with Crippen molar-refractivity contribution >= 4 is 5.97 Å². The van der Waals surface area contributed by atoms with Gasteiger partial charge in [0, 0.05) is 5.56 Å². The molecule has 1 N–H and O–H groups in total. The summed E-state index contributed by atoms with van der Waals surface area (Å²) in [5.74, 6) is -3.03. The van der Waals surface area contributed by atoms with Crippen molar-refractivity contribution in [2.24, 2.45) is 0 Å². The Kier molecular flexibility index (Phi) is 3.10. The number of benzene rings is 2. The summed E-state index contributed by atoms with van der Waals surface area (Å²) in [4.78, 5) is 10.9. The maximum Gasteiger partial charge on any atom is 0.335 e. The minimum atomic E-state index is -1.10. The molecular formula is C14H10F2O2. The molecule has 0 bridgehead atoms. The van der Waals surface area contributed by atoms with Gasteiger partial charge >= 0.3 is 5.97 Å². The normalized spacial score (nSPS) is 10.4. The molecule has 0 aliphatic heterocycles. The molecule has 2 aromatic rings. The molecule has 0 amide bonds. The maximum absolute atomic E-state index is 13.6. The first kappa shape index (κ1) is 12.2. The second kappa shape index (κ2) is 4.56. The Hall–Kier alpha value is -2.23. The van der Waals surface area contributed by atoms with Crippen LogP contribution in [0.4, 0.5) is 8.78 Å². The van der Waals surface area contributed by atoms with Crippen LogP contribution in [0, 0.1) is 18.6 Å². The van der Waals surface area contributed by atoms with E-state index in [9.17, 15) is 13.6 Å². The molecule has 0 aliphatic carbocycles. The first-order chi connectivity index (χ1) is 8.49. The molecule has 92 valence electrons. The minimum absolute atomic E-state index is 0.0497. The highest BCUT2D eigenvalue weighted by Crippen LogP contribution is 2.26. The largest absolute Gasteiger partial charge is 0.478 e. The van der Waals surface area contributed by atoms with E-state index in [0.29, 0.717) is 11.1 Å². The van der Waals surface area contributed by atoms with Crippen LogP contribution in [0.5, 0.6) is 0 Å². The first-order valence-corrected chi connectivity index (χ1v) is 5.28. The summed E-state index contributed by atoms with van der Waals surface area (Å²) in [6, 6.07) is 8.24. The van der Waals surface area contributed by atoms with E-state index in [1.165, 1.54) is 24.3 Å². The second-order valence-corrected chi connectivity index (χ2v) is 3.99. The summed E-state index contributed by atoms with van der Waals surface area (Å²) in [6.07, 6.45) is 0. The van der Waals surface area contributed by atoms with Gasteiger partial charge in [-0.05, 0) is 36.2 Å². The first-order valence-electron chi connectivity index (χ1n) is 5.28. The number of halogens is 2. The van der Waals surface area contributed by atoms with E-state index in [4.69, 9.17) is 5.11 Å². The fourth-order valence-corrected chi connectivity index (χ4v) is 1.79. The van der Waals surface area contributed by atoms with Crippen molar-refractivity contribution in [2.45, 2.75) is 6.92 Å². The molecule has 0 saturated carbocycles. The van der Waals surface area contributed by atoms with Gasteiger partial charge in [0.05, 0.1) is 5.56 Å². The molecule has 0 heterocycles. The topological polar surface area (TPSA) is 37.3 Å². The fraction of sp³-hybridized carbons (Fsp3) is 0.0714. The molecule has 18 heavy (non-hydrogen) atoms. The summed E-state index contributed by atoms with van der Waals surface area (Å²) in [7, 11) is 0. The number of hydrogen-bond donors (Lipinski definition) is 1. The van der Waals surface area contributed by atoms with Crippen LogP contribution in [-0.2, 0) is 0 Å². The lowest BCUT2D eigenvalue weighted by Gasteiger charge is -2.07. The number of aryl methyl sites for hydroxylation is 1. The van der Waals surface area contributed by atoms with Crippen molar-refractivity contribution in [2.75, 3.05) is 0 Å². The number of hydrogen-bond acceptors (Lipinski definition) is 1.